The standard InChI is InChI=1S/C44H27N3S/c1-3-12-29(13-4-1)44-45-36(31-20-19-28-11-7-8-14-30(28)25-31)27-37(46-44)32-21-22-38-35(26-32)42-39(47(38)33-15-5-2-6-16-33)23-24-41-43(42)34-17-9-10-18-40(34)48-41/h1-27H. The van der Waals surface area contributed by atoms with Gasteiger partial charge in [0.1, 0.15) is 0 Å². The Bertz CT molecular complexity index is 2830. The Balaban J connectivity index is 1.26. The number of rotatable bonds is 4. The summed E-state index contributed by atoms with van der Waals surface area (Å²) in [7, 11) is 0. The van der Waals surface area contributed by atoms with E-state index in [1.165, 1.54) is 52.8 Å². The van der Waals surface area contributed by atoms with Gasteiger partial charge in [-0.15, -0.1) is 11.3 Å². The Labute approximate surface area is 281 Å². The molecule has 224 valence electrons. The van der Waals surface area contributed by atoms with Gasteiger partial charge in [0.15, 0.2) is 5.82 Å². The van der Waals surface area contributed by atoms with Gasteiger partial charge in [-0.25, -0.2) is 9.97 Å². The highest BCUT2D eigenvalue weighted by Gasteiger charge is 2.19. The quantitative estimate of drug-likeness (QED) is 0.194. The number of benzene rings is 7. The molecule has 0 amide bonds. The van der Waals surface area contributed by atoms with E-state index in [-0.39, 0.29) is 0 Å². The fourth-order valence-electron chi connectivity index (χ4n) is 7.15. The lowest BCUT2D eigenvalue weighted by Gasteiger charge is -2.11. The highest BCUT2D eigenvalue weighted by molar-refractivity contribution is 7.26. The molecule has 0 aliphatic rings. The molecule has 0 aliphatic heterocycles. The minimum Gasteiger partial charge on any atom is -0.309 e. The number of nitrogens with zero attached hydrogens (tertiary/aromatic N) is 3. The summed E-state index contributed by atoms with van der Waals surface area (Å²) < 4.78 is 5.00. The van der Waals surface area contributed by atoms with Crippen molar-refractivity contribution in [2.24, 2.45) is 0 Å². The molecule has 4 heteroatoms. The molecule has 0 aliphatic carbocycles. The molecule has 0 fully saturated rings. The molecule has 0 radical (unpaired) electrons. The Morgan fingerprint density at radius 3 is 1.92 bits per heavy atom. The van der Waals surface area contributed by atoms with Gasteiger partial charge in [0, 0.05) is 53.3 Å². The van der Waals surface area contributed by atoms with Crippen molar-refractivity contribution in [1.82, 2.24) is 14.5 Å². The number of hydrogen-bond acceptors (Lipinski definition) is 3. The van der Waals surface area contributed by atoms with E-state index >= 15 is 0 Å². The Kier molecular flexibility index (Phi) is 6.05. The zero-order valence-corrected chi connectivity index (χ0v) is 26.7. The second-order valence-corrected chi connectivity index (χ2v) is 13.3. The molecule has 10 rings (SSSR count). The fourth-order valence-corrected chi connectivity index (χ4v) is 8.26. The third-order valence-corrected chi connectivity index (χ3v) is 10.5. The van der Waals surface area contributed by atoms with E-state index in [1.54, 1.807) is 0 Å². The number of aromatic nitrogens is 3. The molecule has 0 saturated heterocycles. The lowest BCUT2D eigenvalue weighted by molar-refractivity contribution is 1.18. The van der Waals surface area contributed by atoms with Crippen LogP contribution in [-0.2, 0) is 0 Å². The van der Waals surface area contributed by atoms with Gasteiger partial charge in [0.2, 0.25) is 0 Å². The zero-order valence-electron chi connectivity index (χ0n) is 25.8. The summed E-state index contributed by atoms with van der Waals surface area (Å²) in [5.74, 6) is 0.717. The van der Waals surface area contributed by atoms with Crippen LogP contribution in [0.2, 0.25) is 0 Å². The van der Waals surface area contributed by atoms with E-state index in [0.717, 1.165) is 33.8 Å². The van der Waals surface area contributed by atoms with Crippen molar-refractivity contribution < 1.29 is 0 Å². The minimum atomic E-state index is 0.717. The summed E-state index contributed by atoms with van der Waals surface area (Å²) in [4.78, 5) is 10.3. The van der Waals surface area contributed by atoms with Crippen LogP contribution in [0, 0.1) is 0 Å². The first kappa shape index (κ1) is 27.1. The highest BCUT2D eigenvalue weighted by atomic mass is 32.1. The summed E-state index contributed by atoms with van der Waals surface area (Å²) in [5.41, 5.74) is 8.46. The van der Waals surface area contributed by atoms with Crippen LogP contribution >= 0.6 is 11.3 Å². The van der Waals surface area contributed by atoms with Crippen molar-refractivity contribution in [3.63, 3.8) is 0 Å². The highest BCUT2D eigenvalue weighted by Crippen LogP contribution is 2.44. The van der Waals surface area contributed by atoms with Crippen LogP contribution in [-0.4, -0.2) is 14.5 Å². The number of para-hydroxylation sites is 1. The van der Waals surface area contributed by atoms with Crippen molar-refractivity contribution in [1.29, 1.82) is 0 Å². The van der Waals surface area contributed by atoms with E-state index in [2.05, 4.69) is 150 Å². The van der Waals surface area contributed by atoms with E-state index in [9.17, 15) is 0 Å². The smallest absolute Gasteiger partial charge is 0.160 e. The molecule has 0 saturated carbocycles. The zero-order chi connectivity index (χ0) is 31.6. The predicted molar refractivity (Wildman–Crippen MR) is 203 cm³/mol. The van der Waals surface area contributed by atoms with Crippen LogP contribution in [0.5, 0.6) is 0 Å². The number of hydrogen-bond donors (Lipinski definition) is 0. The second kappa shape index (κ2) is 10.7. The average molecular weight is 630 g/mol. The molecular weight excluding hydrogens is 603 g/mol. The Morgan fingerprint density at radius 1 is 0.417 bits per heavy atom. The molecule has 10 aromatic rings. The molecule has 0 bridgehead atoms. The van der Waals surface area contributed by atoms with Crippen molar-refractivity contribution in [2.45, 2.75) is 0 Å². The van der Waals surface area contributed by atoms with Gasteiger partial charge >= 0.3 is 0 Å². The maximum atomic E-state index is 5.20. The first-order chi connectivity index (χ1) is 23.8. The molecule has 48 heavy (non-hydrogen) atoms. The summed E-state index contributed by atoms with van der Waals surface area (Å²) in [6.07, 6.45) is 0. The first-order valence-electron chi connectivity index (χ1n) is 16.2. The van der Waals surface area contributed by atoms with Gasteiger partial charge in [-0.2, -0.15) is 0 Å². The van der Waals surface area contributed by atoms with Crippen molar-refractivity contribution >= 4 is 64.1 Å². The van der Waals surface area contributed by atoms with Gasteiger partial charge in [-0.3, -0.25) is 0 Å². The normalized spacial score (nSPS) is 11.8. The molecule has 3 nitrogen and oxygen atoms in total. The van der Waals surface area contributed by atoms with Crippen LogP contribution in [0.15, 0.2) is 164 Å². The lowest BCUT2D eigenvalue weighted by Crippen LogP contribution is -1.96. The molecule has 3 heterocycles. The summed E-state index contributed by atoms with van der Waals surface area (Å²) >= 11 is 1.86. The van der Waals surface area contributed by atoms with Gasteiger partial charge in [-0.1, -0.05) is 109 Å². The first-order valence-corrected chi connectivity index (χ1v) is 17.0. The van der Waals surface area contributed by atoms with E-state index in [1.807, 2.05) is 29.5 Å². The van der Waals surface area contributed by atoms with Crippen molar-refractivity contribution in [3.05, 3.63) is 164 Å². The van der Waals surface area contributed by atoms with Gasteiger partial charge < -0.3 is 4.57 Å². The lowest BCUT2D eigenvalue weighted by atomic mass is 10.0. The van der Waals surface area contributed by atoms with Crippen LogP contribution in [0.4, 0.5) is 0 Å². The third-order valence-electron chi connectivity index (χ3n) is 9.38. The number of thiophene rings is 1. The predicted octanol–water partition coefficient (Wildman–Crippen LogP) is 12.1. The van der Waals surface area contributed by atoms with Crippen LogP contribution in [0.25, 0.3) is 92.3 Å². The summed E-state index contributed by atoms with van der Waals surface area (Å²) in [6, 6.07) is 58.3. The van der Waals surface area contributed by atoms with E-state index in [0.29, 0.717) is 5.82 Å². The van der Waals surface area contributed by atoms with Gasteiger partial charge in [0.25, 0.3) is 0 Å². The van der Waals surface area contributed by atoms with Crippen LogP contribution in [0.1, 0.15) is 0 Å². The summed E-state index contributed by atoms with van der Waals surface area (Å²) in [6.45, 7) is 0. The van der Waals surface area contributed by atoms with Gasteiger partial charge in [0.05, 0.1) is 22.4 Å². The minimum absolute atomic E-state index is 0.717. The van der Waals surface area contributed by atoms with Gasteiger partial charge in [-0.05, 0) is 65.4 Å². The van der Waals surface area contributed by atoms with Crippen LogP contribution < -0.4 is 0 Å². The van der Waals surface area contributed by atoms with Crippen molar-refractivity contribution in [3.8, 4) is 39.6 Å². The van der Waals surface area contributed by atoms with E-state index in [4.69, 9.17) is 9.97 Å². The molecule has 0 atom stereocenters. The van der Waals surface area contributed by atoms with Crippen LogP contribution in [0.3, 0.4) is 0 Å². The molecule has 0 unspecified atom stereocenters. The second-order valence-electron chi connectivity index (χ2n) is 12.2. The Hall–Kier alpha value is -6.10. The van der Waals surface area contributed by atoms with Crippen molar-refractivity contribution in [2.75, 3.05) is 0 Å². The number of fused-ring (bicyclic) bond motifs is 8. The topological polar surface area (TPSA) is 30.7 Å². The average Bonchev–Trinajstić information content (AvgIpc) is 3.70. The molecule has 0 N–H and O–H groups in total. The maximum absolute atomic E-state index is 5.20. The molecule has 7 aromatic carbocycles. The molecule has 0 spiro atoms. The third kappa shape index (κ3) is 4.27. The van der Waals surface area contributed by atoms with E-state index < -0.39 is 0 Å². The molecular formula is C44H27N3S. The monoisotopic (exact) mass is 629 g/mol. The largest absolute Gasteiger partial charge is 0.309 e. The maximum Gasteiger partial charge on any atom is 0.160 e. The SMILES string of the molecule is c1ccc(-c2nc(-c3ccc4ccccc4c3)cc(-c3ccc4c(c3)c3c5c(ccc3n4-c3ccccc3)sc3ccccc35)n2)cc1. The summed E-state index contributed by atoms with van der Waals surface area (Å²) in [5, 5.41) is 7.51. The fraction of sp³-hybridized carbons (Fsp3) is 0. The Morgan fingerprint density at radius 2 is 1.08 bits per heavy atom. The molecule has 3 aromatic heterocycles.